The van der Waals surface area contributed by atoms with Crippen LogP contribution in [0.2, 0.25) is 5.02 Å². The molecule has 0 unspecified atom stereocenters. The molecule has 0 bridgehead atoms. The van der Waals surface area contributed by atoms with Crippen molar-refractivity contribution in [1.29, 1.82) is 0 Å². The summed E-state index contributed by atoms with van der Waals surface area (Å²) in [6, 6.07) is 9.01. The van der Waals surface area contributed by atoms with Crippen molar-refractivity contribution in [3.05, 3.63) is 69.0 Å². The minimum atomic E-state index is -0.679. The minimum absolute atomic E-state index is 0.0581. The maximum atomic E-state index is 13.0. The van der Waals surface area contributed by atoms with Gasteiger partial charge < -0.3 is 5.32 Å². The van der Waals surface area contributed by atoms with Crippen LogP contribution < -0.4 is 5.32 Å². The minimum Gasteiger partial charge on any atom is -0.322 e. The number of hydrogen-bond acceptors (Lipinski definition) is 3. The van der Waals surface area contributed by atoms with E-state index in [4.69, 9.17) is 11.6 Å². The van der Waals surface area contributed by atoms with Crippen LogP contribution in [0.25, 0.3) is 0 Å². The van der Waals surface area contributed by atoms with E-state index in [1.165, 1.54) is 30.3 Å². The Labute approximate surface area is 118 Å². The highest BCUT2D eigenvalue weighted by Crippen LogP contribution is 2.25. The number of hydrogen-bond donors (Lipinski definition) is 1. The zero-order valence-corrected chi connectivity index (χ0v) is 10.7. The molecule has 0 heterocycles. The first-order valence-corrected chi connectivity index (χ1v) is 5.86. The van der Waals surface area contributed by atoms with Gasteiger partial charge in [0.1, 0.15) is 10.8 Å². The summed E-state index contributed by atoms with van der Waals surface area (Å²) in [4.78, 5) is 22.0. The number of benzene rings is 2. The van der Waals surface area contributed by atoms with Crippen LogP contribution in [0, 0.1) is 15.9 Å². The number of anilines is 1. The quantitative estimate of drug-likeness (QED) is 0.694. The number of nitro benzene ring substituents is 1. The third-order valence-corrected chi connectivity index (χ3v) is 2.81. The lowest BCUT2D eigenvalue weighted by Crippen LogP contribution is -2.12. The fourth-order valence-electron chi connectivity index (χ4n) is 1.56. The average molecular weight is 295 g/mol. The Morgan fingerprint density at radius 3 is 2.65 bits per heavy atom. The number of nitrogens with one attached hydrogen (secondary N) is 1. The summed E-state index contributed by atoms with van der Waals surface area (Å²) in [5, 5.41) is 13.1. The molecular weight excluding hydrogens is 287 g/mol. The monoisotopic (exact) mass is 294 g/mol. The van der Waals surface area contributed by atoms with E-state index in [0.717, 1.165) is 12.1 Å². The van der Waals surface area contributed by atoms with E-state index in [1.807, 2.05) is 0 Å². The number of halogens is 2. The zero-order valence-electron chi connectivity index (χ0n) is 9.97. The molecule has 5 nitrogen and oxygen atoms in total. The van der Waals surface area contributed by atoms with Gasteiger partial charge in [-0.2, -0.15) is 0 Å². The molecule has 0 spiro atoms. The van der Waals surface area contributed by atoms with Crippen LogP contribution >= 0.6 is 11.6 Å². The van der Waals surface area contributed by atoms with E-state index in [1.54, 1.807) is 0 Å². The van der Waals surface area contributed by atoms with Gasteiger partial charge in [-0.3, -0.25) is 14.9 Å². The van der Waals surface area contributed by atoms with E-state index in [-0.39, 0.29) is 22.0 Å². The Balaban J connectivity index is 2.26. The predicted molar refractivity (Wildman–Crippen MR) is 72.5 cm³/mol. The van der Waals surface area contributed by atoms with Crippen LogP contribution in [0.3, 0.4) is 0 Å². The molecule has 20 heavy (non-hydrogen) atoms. The second kappa shape index (κ2) is 5.66. The first kappa shape index (κ1) is 14.0. The second-order valence-electron chi connectivity index (χ2n) is 3.89. The number of amides is 1. The Morgan fingerprint density at radius 1 is 1.25 bits per heavy atom. The molecule has 1 amide bonds. The maximum absolute atomic E-state index is 13.0. The van der Waals surface area contributed by atoms with Gasteiger partial charge in [0.15, 0.2) is 0 Å². The van der Waals surface area contributed by atoms with Crippen LogP contribution in [0.15, 0.2) is 42.5 Å². The van der Waals surface area contributed by atoms with Crippen molar-refractivity contribution in [2.24, 2.45) is 0 Å². The van der Waals surface area contributed by atoms with Crippen molar-refractivity contribution in [2.75, 3.05) is 5.32 Å². The predicted octanol–water partition coefficient (Wildman–Crippen LogP) is 3.64. The number of nitro groups is 1. The van der Waals surface area contributed by atoms with Gasteiger partial charge in [0.25, 0.3) is 11.6 Å². The normalized spacial score (nSPS) is 10.1. The number of carbonyl (C=O) groups is 1. The SMILES string of the molecule is O=C(Nc1cccc(F)c1)c1ccc(Cl)c([N+](=O)[O-])c1. The van der Waals surface area contributed by atoms with E-state index in [2.05, 4.69) is 5.32 Å². The Morgan fingerprint density at radius 2 is 2.00 bits per heavy atom. The standard InChI is InChI=1S/C13H8ClFN2O3/c14-11-5-4-8(6-12(11)17(19)20)13(18)16-10-3-1-2-9(15)7-10/h1-7H,(H,16,18). The lowest BCUT2D eigenvalue weighted by atomic mass is 10.2. The van der Waals surface area contributed by atoms with Gasteiger partial charge in [0.2, 0.25) is 0 Å². The summed E-state index contributed by atoms with van der Waals surface area (Å²) in [5.74, 6) is -1.08. The summed E-state index contributed by atoms with van der Waals surface area (Å²) >= 11 is 5.65. The van der Waals surface area contributed by atoms with Gasteiger partial charge in [-0.1, -0.05) is 17.7 Å². The summed E-state index contributed by atoms with van der Waals surface area (Å²) < 4.78 is 13.0. The van der Waals surface area contributed by atoms with E-state index in [0.29, 0.717) is 0 Å². The smallest absolute Gasteiger partial charge is 0.288 e. The van der Waals surface area contributed by atoms with E-state index >= 15 is 0 Å². The molecule has 102 valence electrons. The van der Waals surface area contributed by atoms with Crippen LogP contribution in [0.5, 0.6) is 0 Å². The summed E-state index contributed by atoms with van der Waals surface area (Å²) in [6.45, 7) is 0. The number of carbonyl (C=O) groups excluding carboxylic acids is 1. The van der Waals surface area contributed by atoms with E-state index < -0.39 is 16.6 Å². The van der Waals surface area contributed by atoms with Crippen LogP contribution in [0.4, 0.5) is 15.8 Å². The van der Waals surface area contributed by atoms with Crippen molar-refractivity contribution >= 4 is 28.9 Å². The van der Waals surface area contributed by atoms with Gasteiger partial charge in [0.05, 0.1) is 4.92 Å². The first-order chi connectivity index (χ1) is 9.47. The molecule has 0 atom stereocenters. The molecular formula is C13H8ClFN2O3. The van der Waals surface area contributed by atoms with Crippen LogP contribution in [-0.4, -0.2) is 10.8 Å². The third kappa shape index (κ3) is 3.10. The lowest BCUT2D eigenvalue weighted by Gasteiger charge is -2.05. The topological polar surface area (TPSA) is 72.2 Å². The van der Waals surface area contributed by atoms with Crippen molar-refractivity contribution < 1.29 is 14.1 Å². The van der Waals surface area contributed by atoms with Gasteiger partial charge in [0, 0.05) is 17.3 Å². The summed E-state index contributed by atoms with van der Waals surface area (Å²) in [5.41, 5.74) is -0.0449. The highest BCUT2D eigenvalue weighted by atomic mass is 35.5. The molecule has 0 saturated carbocycles. The number of rotatable bonds is 3. The van der Waals surface area contributed by atoms with Gasteiger partial charge in [-0.25, -0.2) is 4.39 Å². The molecule has 0 aliphatic carbocycles. The third-order valence-electron chi connectivity index (χ3n) is 2.49. The molecule has 2 aromatic rings. The molecule has 7 heteroatoms. The molecule has 2 rings (SSSR count). The Hall–Kier alpha value is -2.47. The van der Waals surface area contributed by atoms with Crippen molar-refractivity contribution in [2.45, 2.75) is 0 Å². The van der Waals surface area contributed by atoms with Crippen LogP contribution in [0.1, 0.15) is 10.4 Å². The fraction of sp³-hybridized carbons (Fsp3) is 0. The summed E-state index contributed by atoms with van der Waals surface area (Å²) in [6.07, 6.45) is 0. The van der Waals surface area contributed by atoms with E-state index in [9.17, 15) is 19.3 Å². The molecule has 0 fully saturated rings. The van der Waals surface area contributed by atoms with Crippen molar-refractivity contribution in [1.82, 2.24) is 0 Å². The van der Waals surface area contributed by atoms with Crippen LogP contribution in [-0.2, 0) is 0 Å². The second-order valence-corrected chi connectivity index (χ2v) is 4.29. The molecule has 0 aliphatic heterocycles. The molecule has 0 radical (unpaired) electrons. The van der Waals surface area contributed by atoms with Gasteiger partial charge in [-0.15, -0.1) is 0 Å². The highest BCUT2D eigenvalue weighted by Gasteiger charge is 2.16. The van der Waals surface area contributed by atoms with Crippen molar-refractivity contribution in [3.63, 3.8) is 0 Å². The zero-order chi connectivity index (χ0) is 14.7. The number of nitrogens with zero attached hydrogens (tertiary/aromatic N) is 1. The van der Waals surface area contributed by atoms with Gasteiger partial charge >= 0.3 is 0 Å². The first-order valence-electron chi connectivity index (χ1n) is 5.48. The molecule has 0 saturated heterocycles. The maximum Gasteiger partial charge on any atom is 0.288 e. The Kier molecular flexibility index (Phi) is 3.95. The van der Waals surface area contributed by atoms with Crippen molar-refractivity contribution in [3.8, 4) is 0 Å². The summed E-state index contributed by atoms with van der Waals surface area (Å²) in [7, 11) is 0. The Bertz CT molecular complexity index is 691. The largest absolute Gasteiger partial charge is 0.322 e. The molecule has 2 aromatic carbocycles. The fourth-order valence-corrected chi connectivity index (χ4v) is 1.75. The average Bonchev–Trinajstić information content (AvgIpc) is 2.38. The van der Waals surface area contributed by atoms with Gasteiger partial charge in [-0.05, 0) is 30.3 Å². The highest BCUT2D eigenvalue weighted by molar-refractivity contribution is 6.32. The molecule has 0 aliphatic rings. The lowest BCUT2D eigenvalue weighted by molar-refractivity contribution is -0.384. The molecule has 0 aromatic heterocycles. The molecule has 1 N–H and O–H groups in total.